The lowest BCUT2D eigenvalue weighted by Gasteiger charge is -2.33. The van der Waals surface area contributed by atoms with Gasteiger partial charge in [0.1, 0.15) is 6.33 Å². The summed E-state index contributed by atoms with van der Waals surface area (Å²) in [5, 5.41) is 1.17. The van der Waals surface area contributed by atoms with Crippen LogP contribution in [0.25, 0.3) is 10.9 Å². The van der Waals surface area contributed by atoms with Gasteiger partial charge in [0.05, 0.1) is 16.8 Å². The summed E-state index contributed by atoms with van der Waals surface area (Å²) in [5.74, 6) is 0.495. The van der Waals surface area contributed by atoms with Gasteiger partial charge in [-0.15, -0.1) is 0 Å². The Morgan fingerprint density at radius 3 is 3.00 bits per heavy atom. The van der Waals surface area contributed by atoms with Gasteiger partial charge in [-0.05, 0) is 43.7 Å². The van der Waals surface area contributed by atoms with E-state index in [-0.39, 0.29) is 5.91 Å². The van der Waals surface area contributed by atoms with Crippen molar-refractivity contribution in [1.29, 1.82) is 0 Å². The summed E-state index contributed by atoms with van der Waals surface area (Å²) in [6, 6.07) is 10.4. The quantitative estimate of drug-likeness (QED) is 0.729. The number of aromatic nitrogens is 3. The van der Waals surface area contributed by atoms with Crippen LogP contribution in [0.5, 0.6) is 0 Å². The van der Waals surface area contributed by atoms with Crippen molar-refractivity contribution in [2.75, 3.05) is 13.1 Å². The first-order chi connectivity index (χ1) is 12.7. The summed E-state index contributed by atoms with van der Waals surface area (Å²) in [7, 11) is 0. The van der Waals surface area contributed by atoms with E-state index in [2.05, 4.69) is 39.2 Å². The number of benzene rings is 1. The van der Waals surface area contributed by atoms with Crippen LogP contribution in [0, 0.1) is 12.8 Å². The Hall–Kier alpha value is -2.82. The highest BCUT2D eigenvalue weighted by Crippen LogP contribution is 2.25. The van der Waals surface area contributed by atoms with E-state index in [1.54, 1.807) is 6.20 Å². The van der Waals surface area contributed by atoms with E-state index in [1.165, 1.54) is 17.3 Å². The highest BCUT2D eigenvalue weighted by Gasteiger charge is 2.26. The smallest absolute Gasteiger partial charge is 0.257 e. The SMILES string of the molecule is Cc1ncncc1C(=O)N1CCCC(Cc2cccc3cccnc23)C1. The third-order valence-electron chi connectivity index (χ3n) is 5.17. The van der Waals surface area contributed by atoms with E-state index in [9.17, 15) is 4.79 Å². The van der Waals surface area contributed by atoms with Gasteiger partial charge in [0.15, 0.2) is 0 Å². The minimum atomic E-state index is 0.0452. The molecule has 3 aromatic rings. The van der Waals surface area contributed by atoms with E-state index in [0.29, 0.717) is 11.5 Å². The fourth-order valence-electron chi connectivity index (χ4n) is 3.83. The van der Waals surface area contributed by atoms with Crippen LogP contribution in [-0.4, -0.2) is 38.8 Å². The van der Waals surface area contributed by atoms with Gasteiger partial charge in [0.25, 0.3) is 5.91 Å². The first kappa shape index (κ1) is 16.6. The summed E-state index contributed by atoms with van der Waals surface area (Å²) in [6.07, 6.45) is 8.07. The molecule has 132 valence electrons. The summed E-state index contributed by atoms with van der Waals surface area (Å²) in [5.41, 5.74) is 3.69. The van der Waals surface area contributed by atoms with Crippen molar-refractivity contribution in [2.45, 2.75) is 26.2 Å². The third-order valence-corrected chi connectivity index (χ3v) is 5.17. The van der Waals surface area contributed by atoms with Crippen molar-refractivity contribution >= 4 is 16.8 Å². The largest absolute Gasteiger partial charge is 0.338 e. The van der Waals surface area contributed by atoms with Crippen LogP contribution in [0.4, 0.5) is 0 Å². The van der Waals surface area contributed by atoms with Gasteiger partial charge >= 0.3 is 0 Å². The van der Waals surface area contributed by atoms with Crippen LogP contribution in [0.1, 0.15) is 34.5 Å². The van der Waals surface area contributed by atoms with Gasteiger partial charge in [-0.1, -0.05) is 24.3 Å². The molecule has 1 fully saturated rings. The average Bonchev–Trinajstić information content (AvgIpc) is 2.68. The Morgan fingerprint density at radius 1 is 1.23 bits per heavy atom. The first-order valence-electron chi connectivity index (χ1n) is 9.11. The number of nitrogens with zero attached hydrogens (tertiary/aromatic N) is 4. The maximum absolute atomic E-state index is 12.9. The molecule has 4 rings (SSSR count). The van der Waals surface area contributed by atoms with Gasteiger partial charge in [-0.2, -0.15) is 0 Å². The lowest BCUT2D eigenvalue weighted by atomic mass is 9.90. The van der Waals surface area contributed by atoms with E-state index < -0.39 is 0 Å². The number of piperidine rings is 1. The van der Waals surface area contributed by atoms with E-state index in [0.717, 1.165) is 43.6 Å². The number of carbonyl (C=O) groups is 1. The molecule has 1 aromatic carbocycles. The molecule has 2 aromatic heterocycles. The number of hydrogen-bond acceptors (Lipinski definition) is 4. The summed E-state index contributed by atoms with van der Waals surface area (Å²) in [6.45, 7) is 3.44. The highest BCUT2D eigenvalue weighted by atomic mass is 16.2. The molecular weight excluding hydrogens is 324 g/mol. The molecule has 1 amide bonds. The van der Waals surface area contributed by atoms with Crippen LogP contribution in [0.3, 0.4) is 0 Å². The van der Waals surface area contributed by atoms with Crippen LogP contribution >= 0.6 is 0 Å². The Balaban J connectivity index is 1.52. The number of amides is 1. The summed E-state index contributed by atoms with van der Waals surface area (Å²) < 4.78 is 0. The highest BCUT2D eigenvalue weighted by molar-refractivity contribution is 5.95. The number of hydrogen-bond donors (Lipinski definition) is 0. The van der Waals surface area contributed by atoms with Crippen molar-refractivity contribution in [2.24, 2.45) is 5.92 Å². The fraction of sp³-hybridized carbons (Fsp3) is 0.333. The van der Waals surface area contributed by atoms with Crippen LogP contribution in [0.2, 0.25) is 0 Å². The lowest BCUT2D eigenvalue weighted by molar-refractivity contribution is 0.0672. The maximum Gasteiger partial charge on any atom is 0.257 e. The number of likely N-dealkylation sites (tertiary alicyclic amines) is 1. The minimum absolute atomic E-state index is 0.0452. The molecule has 0 aliphatic carbocycles. The Bertz CT molecular complexity index is 935. The number of pyridine rings is 1. The topological polar surface area (TPSA) is 59.0 Å². The second kappa shape index (κ2) is 7.20. The van der Waals surface area contributed by atoms with Crippen LogP contribution in [0.15, 0.2) is 49.1 Å². The van der Waals surface area contributed by atoms with Crippen LogP contribution in [-0.2, 0) is 6.42 Å². The van der Waals surface area contributed by atoms with Crippen molar-refractivity contribution < 1.29 is 4.79 Å². The molecule has 1 aliphatic heterocycles. The summed E-state index contributed by atoms with van der Waals surface area (Å²) >= 11 is 0. The van der Waals surface area contributed by atoms with Gasteiger partial charge < -0.3 is 4.90 Å². The van der Waals surface area contributed by atoms with E-state index in [4.69, 9.17) is 0 Å². The van der Waals surface area contributed by atoms with Crippen molar-refractivity contribution in [3.63, 3.8) is 0 Å². The predicted molar refractivity (Wildman–Crippen MR) is 101 cm³/mol. The molecule has 0 saturated carbocycles. The molecule has 1 aliphatic rings. The van der Waals surface area contributed by atoms with E-state index >= 15 is 0 Å². The van der Waals surface area contributed by atoms with Gasteiger partial charge in [0, 0.05) is 30.9 Å². The van der Waals surface area contributed by atoms with Crippen molar-refractivity contribution in [1.82, 2.24) is 19.9 Å². The second-order valence-electron chi connectivity index (χ2n) is 6.98. The number of para-hydroxylation sites is 1. The average molecular weight is 346 g/mol. The molecule has 0 bridgehead atoms. The number of carbonyl (C=O) groups excluding carboxylic acids is 1. The monoisotopic (exact) mass is 346 g/mol. The van der Waals surface area contributed by atoms with Crippen LogP contribution < -0.4 is 0 Å². The molecule has 1 unspecified atom stereocenters. The predicted octanol–water partition coefficient (Wildman–Crippen LogP) is 3.43. The zero-order valence-electron chi connectivity index (χ0n) is 14.9. The van der Waals surface area contributed by atoms with E-state index in [1.807, 2.05) is 24.1 Å². The molecule has 1 atom stereocenters. The zero-order chi connectivity index (χ0) is 17.9. The molecule has 0 spiro atoms. The molecule has 0 N–H and O–H groups in total. The molecule has 3 heterocycles. The molecule has 0 radical (unpaired) electrons. The third kappa shape index (κ3) is 3.29. The number of aryl methyl sites for hydroxylation is 1. The number of rotatable bonds is 3. The Labute approximate surface area is 153 Å². The summed E-state index contributed by atoms with van der Waals surface area (Å²) in [4.78, 5) is 27.5. The number of fused-ring (bicyclic) bond motifs is 1. The van der Waals surface area contributed by atoms with Crippen molar-refractivity contribution in [3.8, 4) is 0 Å². The zero-order valence-corrected chi connectivity index (χ0v) is 14.9. The lowest BCUT2D eigenvalue weighted by Crippen LogP contribution is -2.41. The molecule has 5 nitrogen and oxygen atoms in total. The van der Waals surface area contributed by atoms with Gasteiger partial charge in [0.2, 0.25) is 0 Å². The maximum atomic E-state index is 12.9. The first-order valence-corrected chi connectivity index (χ1v) is 9.11. The molecular formula is C21H22N4O. The fourth-order valence-corrected chi connectivity index (χ4v) is 3.83. The normalized spacial score (nSPS) is 17.4. The Kier molecular flexibility index (Phi) is 4.61. The van der Waals surface area contributed by atoms with Crippen molar-refractivity contribution in [3.05, 3.63) is 65.9 Å². The minimum Gasteiger partial charge on any atom is -0.338 e. The molecule has 5 heteroatoms. The molecule has 1 saturated heterocycles. The second-order valence-corrected chi connectivity index (χ2v) is 6.98. The Morgan fingerprint density at radius 2 is 2.12 bits per heavy atom. The van der Waals surface area contributed by atoms with Gasteiger partial charge in [-0.25, -0.2) is 9.97 Å². The molecule has 26 heavy (non-hydrogen) atoms. The standard InChI is InChI=1S/C21H22N4O/c1-15-19(12-22-14-24-15)21(26)25-10-4-5-16(13-25)11-18-7-2-6-17-8-3-9-23-20(17)18/h2-3,6-9,12,14,16H,4-5,10-11,13H2,1H3. The van der Waals surface area contributed by atoms with Gasteiger partial charge in [-0.3, -0.25) is 9.78 Å².